The van der Waals surface area contributed by atoms with Gasteiger partial charge in [0.15, 0.2) is 11.5 Å². The number of hydrogen-bond acceptors (Lipinski definition) is 5. The van der Waals surface area contributed by atoms with Gasteiger partial charge in [0.2, 0.25) is 10.6 Å². The van der Waals surface area contributed by atoms with Gasteiger partial charge in [-0.15, -0.1) is 0 Å². The molecule has 0 spiro atoms. The Bertz CT molecular complexity index is 603. The molecule has 2 aromatic rings. The third kappa shape index (κ3) is 4.44. The first kappa shape index (κ1) is 15.8. The monoisotopic (exact) mass is 327 g/mol. The van der Waals surface area contributed by atoms with Crippen molar-refractivity contribution in [2.45, 2.75) is 26.2 Å². The highest BCUT2D eigenvalue weighted by atomic mass is 35.5. The van der Waals surface area contributed by atoms with E-state index in [1.807, 2.05) is 18.2 Å². The van der Waals surface area contributed by atoms with Crippen molar-refractivity contribution < 1.29 is 9.47 Å². The number of halogens is 2. The predicted octanol–water partition coefficient (Wildman–Crippen LogP) is 4.32. The third-order valence-electron chi connectivity index (χ3n) is 2.81. The Morgan fingerprint density at radius 2 is 1.76 bits per heavy atom. The second-order valence-corrected chi connectivity index (χ2v) is 5.02. The van der Waals surface area contributed by atoms with Gasteiger partial charge < -0.3 is 9.47 Å². The average molecular weight is 328 g/mol. The molecule has 1 aromatic heterocycles. The molecular formula is C14H15Cl2N3O2. The fourth-order valence-electron chi connectivity index (χ4n) is 1.79. The number of nitrogens with zero attached hydrogens (tertiary/aromatic N) is 3. The molecule has 2 rings (SSSR count). The van der Waals surface area contributed by atoms with E-state index < -0.39 is 0 Å². The van der Waals surface area contributed by atoms with Crippen LogP contribution in [-0.2, 0) is 6.42 Å². The lowest BCUT2D eigenvalue weighted by molar-refractivity contribution is 0.367. The van der Waals surface area contributed by atoms with E-state index in [9.17, 15) is 0 Å². The van der Waals surface area contributed by atoms with Crippen LogP contribution in [0.3, 0.4) is 0 Å². The molecule has 1 heterocycles. The normalized spacial score (nSPS) is 10.5. The van der Waals surface area contributed by atoms with E-state index in [0.29, 0.717) is 11.5 Å². The van der Waals surface area contributed by atoms with Gasteiger partial charge in [-0.3, -0.25) is 0 Å². The summed E-state index contributed by atoms with van der Waals surface area (Å²) >= 11 is 11.4. The number of ether oxygens (including phenoxy) is 2. The maximum atomic E-state index is 5.71. The van der Waals surface area contributed by atoms with E-state index in [4.69, 9.17) is 32.7 Å². The number of benzene rings is 1. The van der Waals surface area contributed by atoms with Gasteiger partial charge in [-0.2, -0.15) is 15.0 Å². The average Bonchev–Trinajstić information content (AvgIpc) is 2.45. The van der Waals surface area contributed by atoms with E-state index in [2.05, 4.69) is 21.9 Å². The molecule has 0 N–H and O–H groups in total. The highest BCUT2D eigenvalue weighted by molar-refractivity contribution is 6.31. The quantitative estimate of drug-likeness (QED) is 0.790. The third-order valence-corrected chi connectivity index (χ3v) is 3.15. The lowest BCUT2D eigenvalue weighted by Gasteiger charge is -2.10. The molecule has 112 valence electrons. The van der Waals surface area contributed by atoms with E-state index in [1.54, 1.807) is 7.11 Å². The summed E-state index contributed by atoms with van der Waals surface area (Å²) in [5.74, 6) is 1.10. The van der Waals surface area contributed by atoms with E-state index in [-0.39, 0.29) is 16.6 Å². The Kier molecular flexibility index (Phi) is 5.59. The van der Waals surface area contributed by atoms with Crippen LogP contribution in [0.2, 0.25) is 10.6 Å². The van der Waals surface area contributed by atoms with Crippen LogP contribution in [-0.4, -0.2) is 22.1 Å². The smallest absolute Gasteiger partial charge is 0.327 e. The first-order valence-corrected chi connectivity index (χ1v) is 7.29. The van der Waals surface area contributed by atoms with Crippen LogP contribution in [0.4, 0.5) is 0 Å². The molecule has 5 nitrogen and oxygen atoms in total. The zero-order chi connectivity index (χ0) is 15.2. The first-order chi connectivity index (χ1) is 10.1. The summed E-state index contributed by atoms with van der Waals surface area (Å²) in [6.07, 6.45) is 3.26. The molecule has 0 saturated carbocycles. The van der Waals surface area contributed by atoms with Crippen molar-refractivity contribution >= 4 is 23.2 Å². The predicted molar refractivity (Wildman–Crippen MR) is 81.5 cm³/mol. The second kappa shape index (κ2) is 7.43. The lowest BCUT2D eigenvalue weighted by Crippen LogP contribution is -1.98. The molecule has 7 heteroatoms. The summed E-state index contributed by atoms with van der Waals surface area (Å²) in [6.45, 7) is 2.16. The first-order valence-electron chi connectivity index (χ1n) is 6.54. The number of methoxy groups -OCH3 is 1. The van der Waals surface area contributed by atoms with E-state index in [0.717, 1.165) is 19.3 Å². The molecule has 0 bridgehead atoms. The van der Waals surface area contributed by atoms with Crippen molar-refractivity contribution in [1.29, 1.82) is 0 Å². The SMILES string of the molecule is CCCCc1ccc(Oc2nc(Cl)nc(Cl)n2)c(OC)c1. The van der Waals surface area contributed by atoms with Crippen LogP contribution in [0, 0.1) is 0 Å². The summed E-state index contributed by atoms with van der Waals surface area (Å²) < 4.78 is 10.9. The Balaban J connectivity index is 2.22. The molecule has 0 aliphatic carbocycles. The van der Waals surface area contributed by atoms with Crippen LogP contribution in [0.25, 0.3) is 0 Å². The number of hydrogen-bond donors (Lipinski definition) is 0. The molecule has 0 amide bonds. The number of unbranched alkanes of at least 4 members (excludes halogenated alkanes) is 1. The summed E-state index contributed by atoms with van der Waals surface area (Å²) in [4.78, 5) is 11.4. The largest absolute Gasteiger partial charge is 0.493 e. The number of aryl methyl sites for hydroxylation is 1. The van der Waals surface area contributed by atoms with Crippen molar-refractivity contribution in [3.8, 4) is 17.5 Å². The lowest BCUT2D eigenvalue weighted by atomic mass is 10.1. The molecule has 0 unspecified atom stereocenters. The van der Waals surface area contributed by atoms with Gasteiger partial charge in [-0.25, -0.2) is 0 Å². The maximum absolute atomic E-state index is 5.71. The minimum atomic E-state index is -0.0245. The molecule has 0 radical (unpaired) electrons. The topological polar surface area (TPSA) is 57.1 Å². The Hall–Kier alpha value is -1.59. The van der Waals surface area contributed by atoms with Crippen LogP contribution < -0.4 is 9.47 Å². The summed E-state index contributed by atoms with van der Waals surface area (Å²) in [5.41, 5.74) is 1.19. The fraction of sp³-hybridized carbons (Fsp3) is 0.357. The van der Waals surface area contributed by atoms with Crippen molar-refractivity contribution in [3.05, 3.63) is 34.3 Å². The highest BCUT2D eigenvalue weighted by Crippen LogP contribution is 2.31. The summed E-state index contributed by atoms with van der Waals surface area (Å²) in [5, 5.41) is -0.0490. The maximum Gasteiger partial charge on any atom is 0.327 e. The van der Waals surface area contributed by atoms with Gasteiger partial charge >= 0.3 is 6.01 Å². The van der Waals surface area contributed by atoms with Crippen molar-refractivity contribution in [1.82, 2.24) is 15.0 Å². The summed E-state index contributed by atoms with van der Waals surface area (Å²) in [7, 11) is 1.58. The molecule has 21 heavy (non-hydrogen) atoms. The minimum Gasteiger partial charge on any atom is -0.493 e. The molecule has 0 atom stereocenters. The van der Waals surface area contributed by atoms with Crippen LogP contribution >= 0.6 is 23.2 Å². The highest BCUT2D eigenvalue weighted by Gasteiger charge is 2.11. The Morgan fingerprint density at radius 1 is 1.05 bits per heavy atom. The molecular weight excluding hydrogens is 313 g/mol. The molecule has 0 saturated heterocycles. The second-order valence-electron chi connectivity index (χ2n) is 4.35. The van der Waals surface area contributed by atoms with Gasteiger partial charge in [0.25, 0.3) is 0 Å². The van der Waals surface area contributed by atoms with Crippen molar-refractivity contribution in [2.24, 2.45) is 0 Å². The standard InChI is InChI=1S/C14H15Cl2N3O2/c1-3-4-5-9-6-7-10(11(8-9)20-2)21-14-18-12(15)17-13(16)19-14/h6-8H,3-5H2,1-2H3. The van der Waals surface area contributed by atoms with Gasteiger partial charge in [-0.05, 0) is 53.7 Å². The van der Waals surface area contributed by atoms with Crippen LogP contribution in [0.5, 0.6) is 17.5 Å². The Morgan fingerprint density at radius 3 is 2.38 bits per heavy atom. The van der Waals surface area contributed by atoms with Gasteiger partial charge in [0.05, 0.1) is 7.11 Å². The zero-order valence-electron chi connectivity index (χ0n) is 11.8. The van der Waals surface area contributed by atoms with Crippen molar-refractivity contribution in [3.63, 3.8) is 0 Å². The van der Waals surface area contributed by atoms with Crippen molar-refractivity contribution in [2.75, 3.05) is 7.11 Å². The molecule has 1 aromatic carbocycles. The van der Waals surface area contributed by atoms with Gasteiger partial charge in [-0.1, -0.05) is 19.4 Å². The number of rotatable bonds is 6. The van der Waals surface area contributed by atoms with Crippen LogP contribution in [0.15, 0.2) is 18.2 Å². The minimum absolute atomic E-state index is 0.0245. The fourth-order valence-corrected chi connectivity index (χ4v) is 2.13. The molecule has 0 aliphatic rings. The van der Waals surface area contributed by atoms with Gasteiger partial charge in [0.1, 0.15) is 0 Å². The van der Waals surface area contributed by atoms with Gasteiger partial charge in [0, 0.05) is 0 Å². The van der Waals surface area contributed by atoms with E-state index in [1.165, 1.54) is 5.56 Å². The number of aromatic nitrogens is 3. The molecule has 0 fully saturated rings. The van der Waals surface area contributed by atoms with Crippen LogP contribution in [0.1, 0.15) is 25.3 Å². The zero-order valence-corrected chi connectivity index (χ0v) is 13.3. The molecule has 0 aliphatic heterocycles. The summed E-state index contributed by atoms with van der Waals surface area (Å²) in [6, 6.07) is 5.77. The Labute approximate surface area is 133 Å². The van der Waals surface area contributed by atoms with E-state index >= 15 is 0 Å².